The van der Waals surface area contributed by atoms with Crippen LogP contribution in [0.25, 0.3) is 0 Å². The molecule has 0 amide bonds. The summed E-state index contributed by atoms with van der Waals surface area (Å²) in [6.07, 6.45) is 5.38. The Balaban J connectivity index is 3.94. The molecule has 12 heavy (non-hydrogen) atoms. The van der Waals surface area contributed by atoms with Crippen molar-refractivity contribution in [2.45, 2.75) is 26.7 Å². The zero-order chi connectivity index (χ0) is 9.23. The van der Waals surface area contributed by atoms with E-state index in [-0.39, 0.29) is 0 Å². The van der Waals surface area contributed by atoms with Crippen molar-refractivity contribution in [2.75, 3.05) is 6.61 Å². The van der Waals surface area contributed by atoms with Crippen LogP contribution in [-0.4, -0.2) is 19.5 Å². The van der Waals surface area contributed by atoms with Crippen molar-refractivity contribution >= 4 is 12.9 Å². The summed E-state index contributed by atoms with van der Waals surface area (Å²) in [7, 11) is 0. The van der Waals surface area contributed by atoms with Crippen molar-refractivity contribution in [1.82, 2.24) is 0 Å². The normalized spacial score (nSPS) is 12.0. The first-order valence-electron chi connectivity index (χ1n) is 4.16. The Morgan fingerprint density at radius 2 is 2.25 bits per heavy atom. The molecule has 0 fully saturated rings. The maximum atomic E-state index is 5.16. The van der Waals surface area contributed by atoms with E-state index in [1.54, 1.807) is 0 Å². The number of hydrogen-bond acceptors (Lipinski definition) is 3. The smallest absolute Gasteiger partial charge is 0.231 e. The molecule has 0 aromatic heterocycles. The SMILES string of the molecule is C=N/C=C(\N=CCCC)OCC. The van der Waals surface area contributed by atoms with E-state index in [0.717, 1.165) is 12.8 Å². The fraction of sp³-hybridized carbons (Fsp3) is 0.556. The lowest BCUT2D eigenvalue weighted by atomic mass is 10.4. The monoisotopic (exact) mass is 168 g/mol. The summed E-state index contributed by atoms with van der Waals surface area (Å²) in [5.41, 5.74) is 0. The fourth-order valence-electron chi connectivity index (χ4n) is 0.617. The third-order valence-corrected chi connectivity index (χ3v) is 1.13. The van der Waals surface area contributed by atoms with Crippen LogP contribution in [0, 0.1) is 0 Å². The van der Waals surface area contributed by atoms with Gasteiger partial charge in [0.15, 0.2) is 0 Å². The number of rotatable bonds is 6. The zero-order valence-corrected chi connectivity index (χ0v) is 7.79. The maximum absolute atomic E-state index is 5.16. The molecular weight excluding hydrogens is 152 g/mol. The molecule has 0 atom stereocenters. The molecule has 0 bridgehead atoms. The molecule has 0 aromatic carbocycles. The van der Waals surface area contributed by atoms with Gasteiger partial charge in [-0.25, -0.2) is 4.99 Å². The average molecular weight is 168 g/mol. The molecule has 0 aliphatic carbocycles. The first-order valence-corrected chi connectivity index (χ1v) is 4.16. The van der Waals surface area contributed by atoms with E-state index in [4.69, 9.17) is 4.74 Å². The number of nitrogens with zero attached hydrogens (tertiary/aromatic N) is 2. The molecule has 3 heteroatoms. The maximum Gasteiger partial charge on any atom is 0.231 e. The minimum absolute atomic E-state index is 0.529. The highest BCUT2D eigenvalue weighted by molar-refractivity contribution is 5.58. The van der Waals surface area contributed by atoms with E-state index in [1.165, 1.54) is 6.20 Å². The summed E-state index contributed by atoms with van der Waals surface area (Å²) in [6.45, 7) is 7.94. The molecule has 0 unspecified atom stereocenters. The molecule has 3 nitrogen and oxygen atoms in total. The third-order valence-electron chi connectivity index (χ3n) is 1.13. The van der Waals surface area contributed by atoms with Gasteiger partial charge in [-0.3, -0.25) is 4.99 Å². The quantitative estimate of drug-likeness (QED) is 0.443. The van der Waals surface area contributed by atoms with Crippen LogP contribution >= 0.6 is 0 Å². The van der Waals surface area contributed by atoms with Crippen LogP contribution in [0.5, 0.6) is 0 Å². The second-order valence-corrected chi connectivity index (χ2v) is 2.18. The molecule has 0 heterocycles. The Hall–Kier alpha value is -1.12. The Kier molecular flexibility index (Phi) is 7.24. The molecule has 68 valence electrons. The van der Waals surface area contributed by atoms with Gasteiger partial charge in [0.1, 0.15) is 0 Å². The van der Waals surface area contributed by atoms with Gasteiger partial charge >= 0.3 is 0 Å². The first kappa shape index (κ1) is 10.9. The van der Waals surface area contributed by atoms with Gasteiger partial charge in [0.25, 0.3) is 0 Å². The van der Waals surface area contributed by atoms with Crippen molar-refractivity contribution in [2.24, 2.45) is 9.98 Å². The van der Waals surface area contributed by atoms with Gasteiger partial charge in [0.05, 0.1) is 12.8 Å². The van der Waals surface area contributed by atoms with Gasteiger partial charge in [-0.2, -0.15) is 0 Å². The van der Waals surface area contributed by atoms with Gasteiger partial charge in [-0.05, 0) is 20.1 Å². The molecule has 0 aliphatic heterocycles. The largest absolute Gasteiger partial charge is 0.477 e. The van der Waals surface area contributed by atoms with E-state index in [9.17, 15) is 0 Å². The predicted molar refractivity (Wildman–Crippen MR) is 52.7 cm³/mol. The zero-order valence-electron chi connectivity index (χ0n) is 7.79. The molecule has 0 spiro atoms. The highest BCUT2D eigenvalue weighted by atomic mass is 16.5. The van der Waals surface area contributed by atoms with Crippen molar-refractivity contribution in [3.8, 4) is 0 Å². The first-order chi connectivity index (χ1) is 5.85. The van der Waals surface area contributed by atoms with E-state index in [0.29, 0.717) is 12.5 Å². The number of ether oxygens (including phenoxy) is 1. The van der Waals surface area contributed by atoms with Gasteiger partial charge in [0.2, 0.25) is 5.88 Å². The van der Waals surface area contributed by atoms with E-state index < -0.39 is 0 Å². The van der Waals surface area contributed by atoms with Crippen LogP contribution in [0.3, 0.4) is 0 Å². The van der Waals surface area contributed by atoms with Crippen LogP contribution in [0.2, 0.25) is 0 Å². The minimum atomic E-state index is 0.529. The van der Waals surface area contributed by atoms with Crippen molar-refractivity contribution in [1.29, 1.82) is 0 Å². The molecule has 0 radical (unpaired) electrons. The highest BCUT2D eigenvalue weighted by Crippen LogP contribution is 1.98. The summed E-state index contributed by atoms with van der Waals surface area (Å²) in [6, 6.07) is 0. The van der Waals surface area contributed by atoms with Gasteiger partial charge in [-0.15, -0.1) is 0 Å². The lowest BCUT2D eigenvalue weighted by molar-refractivity contribution is 0.226. The highest BCUT2D eigenvalue weighted by Gasteiger charge is 1.89. The average Bonchev–Trinajstić information content (AvgIpc) is 2.06. The predicted octanol–water partition coefficient (Wildman–Crippen LogP) is 2.39. The van der Waals surface area contributed by atoms with E-state index in [1.807, 2.05) is 13.1 Å². The van der Waals surface area contributed by atoms with Gasteiger partial charge in [-0.1, -0.05) is 13.3 Å². The Labute approximate surface area is 73.9 Å². The minimum Gasteiger partial charge on any atom is -0.477 e. The molecule has 0 saturated carbocycles. The summed E-state index contributed by atoms with van der Waals surface area (Å²) in [5.74, 6) is 0.529. The summed E-state index contributed by atoms with van der Waals surface area (Å²) >= 11 is 0. The second-order valence-electron chi connectivity index (χ2n) is 2.18. The van der Waals surface area contributed by atoms with Gasteiger partial charge in [0, 0.05) is 6.21 Å². The summed E-state index contributed by atoms with van der Waals surface area (Å²) < 4.78 is 5.16. The molecule has 0 rings (SSSR count). The molecular formula is C9H16N2O. The lowest BCUT2D eigenvalue weighted by Crippen LogP contribution is -1.88. The van der Waals surface area contributed by atoms with E-state index in [2.05, 4.69) is 23.6 Å². The van der Waals surface area contributed by atoms with Crippen LogP contribution < -0.4 is 0 Å². The Morgan fingerprint density at radius 1 is 1.50 bits per heavy atom. The number of aliphatic imine (C=N–C) groups is 2. The van der Waals surface area contributed by atoms with E-state index >= 15 is 0 Å². The number of hydrogen-bond donors (Lipinski definition) is 0. The van der Waals surface area contributed by atoms with Crippen molar-refractivity contribution in [3.05, 3.63) is 12.1 Å². The Bertz CT molecular complexity index is 173. The van der Waals surface area contributed by atoms with Crippen LogP contribution in [0.4, 0.5) is 0 Å². The van der Waals surface area contributed by atoms with Crippen molar-refractivity contribution < 1.29 is 4.74 Å². The number of unbranched alkanes of at least 4 members (excludes halogenated alkanes) is 1. The van der Waals surface area contributed by atoms with Crippen LogP contribution in [0.1, 0.15) is 26.7 Å². The lowest BCUT2D eigenvalue weighted by Gasteiger charge is -1.99. The second kappa shape index (κ2) is 7.98. The summed E-state index contributed by atoms with van der Waals surface area (Å²) in [4.78, 5) is 7.66. The van der Waals surface area contributed by atoms with Crippen LogP contribution in [0.15, 0.2) is 22.1 Å². The van der Waals surface area contributed by atoms with Gasteiger partial charge < -0.3 is 4.74 Å². The Morgan fingerprint density at radius 3 is 2.75 bits per heavy atom. The molecule has 0 aromatic rings. The third kappa shape index (κ3) is 5.65. The molecule has 0 saturated heterocycles. The summed E-state index contributed by atoms with van der Waals surface area (Å²) in [5, 5.41) is 0. The van der Waals surface area contributed by atoms with Crippen LogP contribution in [-0.2, 0) is 4.74 Å². The standard InChI is InChI=1S/C9H16N2O/c1-4-6-7-11-9(8-10-3)12-5-2/h7-8H,3-6H2,1-2H3/b9-8+,11-7?. The van der Waals surface area contributed by atoms with Crippen molar-refractivity contribution in [3.63, 3.8) is 0 Å². The fourth-order valence-corrected chi connectivity index (χ4v) is 0.617. The topological polar surface area (TPSA) is 34.0 Å². The molecule has 0 aliphatic rings. The molecule has 0 N–H and O–H groups in total.